The number of amides is 1. The number of hydrogen-bond donors (Lipinski definition) is 1. The van der Waals surface area contributed by atoms with Crippen molar-refractivity contribution in [3.8, 4) is 17.0 Å². The van der Waals surface area contributed by atoms with Gasteiger partial charge >= 0.3 is 0 Å². The van der Waals surface area contributed by atoms with Crippen molar-refractivity contribution in [1.82, 2.24) is 15.4 Å². The highest BCUT2D eigenvalue weighted by molar-refractivity contribution is 5.93. The Bertz CT molecular complexity index is 961. The number of nitrogens with one attached hydrogen (secondary N) is 1. The summed E-state index contributed by atoms with van der Waals surface area (Å²) in [5, 5.41) is 4.02. The molecule has 6 nitrogen and oxygen atoms in total. The predicted octanol–water partition coefficient (Wildman–Crippen LogP) is 3.53. The molecule has 0 fully saturated rings. The number of aryl methyl sites for hydroxylation is 2. The molecule has 0 saturated carbocycles. The summed E-state index contributed by atoms with van der Waals surface area (Å²) in [5.74, 6) is 0.333. The van der Waals surface area contributed by atoms with Gasteiger partial charge < -0.3 is 4.74 Å². The Balaban J connectivity index is 1.72. The van der Waals surface area contributed by atoms with Gasteiger partial charge in [-0.2, -0.15) is 5.10 Å². The molecule has 2 aromatic carbocycles. The third kappa shape index (κ3) is 4.76. The minimum absolute atomic E-state index is 0.195. The summed E-state index contributed by atoms with van der Waals surface area (Å²) >= 11 is 0. The van der Waals surface area contributed by atoms with Crippen LogP contribution in [0.4, 0.5) is 0 Å². The number of carbonyl (C=O) groups is 1. The molecule has 0 aliphatic heterocycles. The first-order chi connectivity index (χ1) is 13.0. The predicted molar refractivity (Wildman–Crippen MR) is 105 cm³/mol. The summed E-state index contributed by atoms with van der Waals surface area (Å²) in [5.41, 5.74) is 7.33. The monoisotopic (exact) mass is 360 g/mol. The normalized spacial score (nSPS) is 10.8. The van der Waals surface area contributed by atoms with Crippen molar-refractivity contribution in [2.24, 2.45) is 5.10 Å². The summed E-state index contributed by atoms with van der Waals surface area (Å²) in [6.07, 6.45) is 4.63. The first kappa shape index (κ1) is 18.3. The number of ether oxygens (including phenoxy) is 1. The zero-order chi connectivity index (χ0) is 19.2. The van der Waals surface area contributed by atoms with E-state index in [9.17, 15) is 4.79 Å². The lowest BCUT2D eigenvalue weighted by molar-refractivity contribution is 0.0950. The van der Waals surface area contributed by atoms with E-state index in [2.05, 4.69) is 26.6 Å². The molecule has 136 valence electrons. The van der Waals surface area contributed by atoms with E-state index in [0.717, 1.165) is 28.0 Å². The molecule has 0 radical (unpaired) electrons. The van der Waals surface area contributed by atoms with Crippen LogP contribution in [0.25, 0.3) is 11.3 Å². The highest BCUT2D eigenvalue weighted by atomic mass is 16.5. The minimum atomic E-state index is -0.418. The quantitative estimate of drug-likeness (QED) is 0.558. The summed E-state index contributed by atoms with van der Waals surface area (Å²) in [6, 6.07) is 13.5. The molecule has 27 heavy (non-hydrogen) atoms. The van der Waals surface area contributed by atoms with Crippen molar-refractivity contribution >= 4 is 12.1 Å². The number of aromatic nitrogens is 2. The second-order valence-corrected chi connectivity index (χ2v) is 6.14. The second-order valence-electron chi connectivity index (χ2n) is 6.14. The number of nitrogens with zero attached hydrogens (tertiary/aromatic N) is 3. The van der Waals surface area contributed by atoms with Gasteiger partial charge in [0.25, 0.3) is 5.91 Å². The molecule has 1 aromatic heterocycles. The van der Waals surface area contributed by atoms with E-state index in [0.29, 0.717) is 5.69 Å². The molecule has 0 unspecified atom stereocenters. The van der Waals surface area contributed by atoms with Crippen LogP contribution in [0, 0.1) is 13.8 Å². The van der Waals surface area contributed by atoms with Crippen LogP contribution in [0.2, 0.25) is 0 Å². The molecule has 6 heteroatoms. The van der Waals surface area contributed by atoms with Gasteiger partial charge in [0.05, 0.1) is 31.4 Å². The molecule has 1 N–H and O–H groups in total. The Morgan fingerprint density at radius 1 is 1.07 bits per heavy atom. The van der Waals surface area contributed by atoms with Gasteiger partial charge in [0.1, 0.15) is 11.4 Å². The third-order valence-corrected chi connectivity index (χ3v) is 3.88. The fraction of sp³-hybridized carbons (Fsp3) is 0.143. The van der Waals surface area contributed by atoms with Crippen molar-refractivity contribution in [2.75, 3.05) is 7.11 Å². The van der Waals surface area contributed by atoms with Crippen LogP contribution >= 0.6 is 0 Å². The summed E-state index contributed by atoms with van der Waals surface area (Å²) in [6.45, 7) is 4.03. The standard InChI is InChI=1S/C21H20N4O2/c1-14-8-15(2)10-16(9-14)11-23-25-21(26)20-13-22-12-19(24-20)17-4-6-18(27-3)7-5-17/h4-13H,1-3H3,(H,25,26). The van der Waals surface area contributed by atoms with Gasteiger partial charge in [0, 0.05) is 5.56 Å². The van der Waals surface area contributed by atoms with Crippen LogP contribution in [0.1, 0.15) is 27.2 Å². The minimum Gasteiger partial charge on any atom is -0.497 e. The largest absolute Gasteiger partial charge is 0.497 e. The van der Waals surface area contributed by atoms with E-state index >= 15 is 0 Å². The van der Waals surface area contributed by atoms with E-state index in [1.807, 2.05) is 50.2 Å². The lowest BCUT2D eigenvalue weighted by atomic mass is 10.1. The smallest absolute Gasteiger partial charge is 0.291 e. The molecule has 0 atom stereocenters. The van der Waals surface area contributed by atoms with Crippen molar-refractivity contribution in [2.45, 2.75) is 13.8 Å². The summed E-state index contributed by atoms with van der Waals surface area (Å²) in [7, 11) is 1.61. The molecule has 0 spiro atoms. The Labute approximate surface area is 157 Å². The maximum absolute atomic E-state index is 12.3. The molecular weight excluding hydrogens is 340 g/mol. The number of carbonyl (C=O) groups excluding carboxylic acids is 1. The second kappa shape index (κ2) is 8.23. The molecule has 0 aliphatic carbocycles. The number of hydrogen-bond acceptors (Lipinski definition) is 5. The Kier molecular flexibility index (Phi) is 5.56. The molecule has 0 aliphatic rings. The van der Waals surface area contributed by atoms with E-state index < -0.39 is 5.91 Å². The highest BCUT2D eigenvalue weighted by Crippen LogP contribution is 2.20. The summed E-state index contributed by atoms with van der Waals surface area (Å²) in [4.78, 5) is 20.8. The van der Waals surface area contributed by atoms with Gasteiger partial charge in [-0.1, -0.05) is 29.3 Å². The maximum Gasteiger partial charge on any atom is 0.291 e. The van der Waals surface area contributed by atoms with E-state index in [1.54, 1.807) is 19.5 Å². The topological polar surface area (TPSA) is 76.5 Å². The zero-order valence-corrected chi connectivity index (χ0v) is 15.4. The van der Waals surface area contributed by atoms with Gasteiger partial charge in [-0.25, -0.2) is 10.4 Å². The van der Waals surface area contributed by atoms with Gasteiger partial charge in [0.2, 0.25) is 0 Å². The van der Waals surface area contributed by atoms with Crippen molar-refractivity contribution in [3.05, 3.63) is 77.2 Å². The number of benzene rings is 2. The maximum atomic E-state index is 12.3. The van der Waals surface area contributed by atoms with Crippen molar-refractivity contribution in [1.29, 1.82) is 0 Å². The van der Waals surface area contributed by atoms with Gasteiger partial charge in [-0.3, -0.25) is 9.78 Å². The molecule has 3 rings (SSSR count). The van der Waals surface area contributed by atoms with Gasteiger partial charge in [0.15, 0.2) is 0 Å². The van der Waals surface area contributed by atoms with Crippen molar-refractivity contribution in [3.63, 3.8) is 0 Å². The van der Waals surface area contributed by atoms with Crippen LogP contribution in [0.5, 0.6) is 5.75 Å². The molecule has 3 aromatic rings. The third-order valence-electron chi connectivity index (χ3n) is 3.88. The lowest BCUT2D eigenvalue weighted by Gasteiger charge is -2.05. The molecule has 1 heterocycles. The van der Waals surface area contributed by atoms with E-state index in [-0.39, 0.29) is 5.69 Å². The zero-order valence-electron chi connectivity index (χ0n) is 15.4. The fourth-order valence-corrected chi connectivity index (χ4v) is 2.68. The van der Waals surface area contributed by atoms with Crippen molar-refractivity contribution < 1.29 is 9.53 Å². The van der Waals surface area contributed by atoms with Crippen LogP contribution in [-0.4, -0.2) is 29.2 Å². The molecular formula is C21H20N4O2. The first-order valence-electron chi connectivity index (χ1n) is 8.43. The van der Waals surface area contributed by atoms with E-state index in [4.69, 9.17) is 4.74 Å². The Morgan fingerprint density at radius 3 is 2.44 bits per heavy atom. The van der Waals surface area contributed by atoms with E-state index in [1.165, 1.54) is 6.20 Å². The molecule has 0 bridgehead atoms. The molecule has 1 amide bonds. The van der Waals surface area contributed by atoms with Gasteiger partial charge in [-0.05, 0) is 43.7 Å². The number of rotatable bonds is 5. The average Bonchev–Trinajstić information content (AvgIpc) is 2.67. The van der Waals surface area contributed by atoms with Gasteiger partial charge in [-0.15, -0.1) is 0 Å². The van der Waals surface area contributed by atoms with Crippen LogP contribution in [0.3, 0.4) is 0 Å². The number of hydrazone groups is 1. The van der Waals surface area contributed by atoms with Crippen LogP contribution < -0.4 is 10.2 Å². The highest BCUT2D eigenvalue weighted by Gasteiger charge is 2.09. The number of methoxy groups -OCH3 is 1. The SMILES string of the molecule is COc1ccc(-c2cncc(C(=O)NN=Cc3cc(C)cc(C)c3)n2)cc1. The fourth-order valence-electron chi connectivity index (χ4n) is 2.68. The summed E-state index contributed by atoms with van der Waals surface area (Å²) < 4.78 is 5.15. The lowest BCUT2D eigenvalue weighted by Crippen LogP contribution is -2.19. The Morgan fingerprint density at radius 2 is 1.78 bits per heavy atom. The average molecular weight is 360 g/mol. The van der Waals surface area contributed by atoms with Crippen LogP contribution in [-0.2, 0) is 0 Å². The molecule has 0 saturated heterocycles. The Hall–Kier alpha value is -3.54. The first-order valence-corrected chi connectivity index (χ1v) is 8.43. The van der Waals surface area contributed by atoms with Crippen LogP contribution in [0.15, 0.2) is 60.0 Å².